The minimum atomic E-state index is -0.661. The SMILES string of the molecule is CC(C)c1nnc(CNC(=O)C2(N)CCCC2)s1.Cl. The highest BCUT2D eigenvalue weighted by Gasteiger charge is 2.36. The van der Waals surface area contributed by atoms with Crippen LogP contribution in [0.1, 0.15) is 55.5 Å². The molecule has 1 aromatic heterocycles. The van der Waals surface area contributed by atoms with Gasteiger partial charge in [0.1, 0.15) is 10.0 Å². The van der Waals surface area contributed by atoms with Crippen LogP contribution in [-0.4, -0.2) is 21.6 Å². The van der Waals surface area contributed by atoms with E-state index in [2.05, 4.69) is 29.4 Å². The van der Waals surface area contributed by atoms with Crippen molar-refractivity contribution < 1.29 is 4.79 Å². The molecule has 0 bridgehead atoms. The Hall–Kier alpha value is -0.720. The fourth-order valence-electron chi connectivity index (χ4n) is 2.14. The van der Waals surface area contributed by atoms with E-state index < -0.39 is 5.54 Å². The number of hydrogen-bond donors (Lipinski definition) is 2. The number of carbonyl (C=O) groups is 1. The molecule has 7 heteroatoms. The normalized spacial score (nSPS) is 17.3. The summed E-state index contributed by atoms with van der Waals surface area (Å²) in [6.45, 7) is 4.59. The molecule has 0 spiro atoms. The number of nitrogens with two attached hydrogens (primary N) is 1. The Morgan fingerprint density at radius 2 is 2.05 bits per heavy atom. The molecule has 0 atom stereocenters. The Morgan fingerprint density at radius 3 is 2.58 bits per heavy atom. The molecule has 0 unspecified atom stereocenters. The summed E-state index contributed by atoms with van der Waals surface area (Å²) in [5.74, 6) is 0.323. The molecule has 19 heavy (non-hydrogen) atoms. The van der Waals surface area contributed by atoms with Gasteiger partial charge in [0, 0.05) is 5.92 Å². The maximum Gasteiger partial charge on any atom is 0.240 e. The Balaban J connectivity index is 0.00000180. The molecule has 2 rings (SSSR count). The van der Waals surface area contributed by atoms with Crippen LogP contribution >= 0.6 is 23.7 Å². The van der Waals surface area contributed by atoms with Crippen molar-refractivity contribution in [3.63, 3.8) is 0 Å². The minimum Gasteiger partial charge on any atom is -0.348 e. The largest absolute Gasteiger partial charge is 0.348 e. The molecule has 1 saturated carbocycles. The summed E-state index contributed by atoms with van der Waals surface area (Å²) in [5, 5.41) is 12.9. The second kappa shape index (κ2) is 6.63. The molecule has 108 valence electrons. The van der Waals surface area contributed by atoms with Crippen LogP contribution < -0.4 is 11.1 Å². The number of nitrogens with one attached hydrogen (secondary N) is 1. The zero-order valence-corrected chi connectivity index (χ0v) is 12.9. The highest BCUT2D eigenvalue weighted by Crippen LogP contribution is 2.27. The minimum absolute atomic E-state index is 0. The van der Waals surface area contributed by atoms with Crippen molar-refractivity contribution in [1.29, 1.82) is 0 Å². The van der Waals surface area contributed by atoms with Gasteiger partial charge in [0.05, 0.1) is 12.1 Å². The second-order valence-electron chi connectivity index (χ2n) is 5.23. The lowest BCUT2D eigenvalue weighted by Gasteiger charge is -2.21. The molecule has 0 aromatic carbocycles. The Bertz CT molecular complexity index is 429. The van der Waals surface area contributed by atoms with Crippen molar-refractivity contribution in [2.24, 2.45) is 5.73 Å². The fourth-order valence-corrected chi connectivity index (χ4v) is 2.92. The first-order valence-corrected chi connectivity index (χ1v) is 7.22. The molecule has 0 aliphatic heterocycles. The van der Waals surface area contributed by atoms with Crippen molar-refractivity contribution in [1.82, 2.24) is 15.5 Å². The van der Waals surface area contributed by atoms with Gasteiger partial charge in [-0.05, 0) is 12.8 Å². The summed E-state index contributed by atoms with van der Waals surface area (Å²) >= 11 is 1.55. The smallest absolute Gasteiger partial charge is 0.240 e. The van der Waals surface area contributed by atoms with Gasteiger partial charge < -0.3 is 11.1 Å². The highest BCUT2D eigenvalue weighted by molar-refractivity contribution is 7.11. The molecule has 1 heterocycles. The monoisotopic (exact) mass is 304 g/mol. The van der Waals surface area contributed by atoms with Crippen LogP contribution in [0.3, 0.4) is 0 Å². The predicted molar refractivity (Wildman–Crippen MR) is 78.5 cm³/mol. The van der Waals surface area contributed by atoms with Crippen LogP contribution in [0.2, 0.25) is 0 Å². The highest BCUT2D eigenvalue weighted by atomic mass is 35.5. The van der Waals surface area contributed by atoms with E-state index in [1.165, 1.54) is 0 Å². The standard InChI is InChI=1S/C12H20N4OS.ClH/c1-8(2)10-16-15-9(18-10)7-14-11(17)12(13)5-3-4-6-12;/h8H,3-7,13H2,1-2H3,(H,14,17);1H. The van der Waals surface area contributed by atoms with Gasteiger partial charge in [-0.15, -0.1) is 22.6 Å². The van der Waals surface area contributed by atoms with Crippen LogP contribution in [0, 0.1) is 0 Å². The summed E-state index contributed by atoms with van der Waals surface area (Å²) in [4.78, 5) is 12.0. The third kappa shape index (κ3) is 3.87. The number of amides is 1. The molecule has 1 fully saturated rings. The average molecular weight is 305 g/mol. The molecule has 1 amide bonds. The molecule has 1 aliphatic rings. The van der Waals surface area contributed by atoms with Gasteiger partial charge in [-0.2, -0.15) is 0 Å². The Morgan fingerprint density at radius 1 is 1.42 bits per heavy atom. The van der Waals surface area contributed by atoms with E-state index >= 15 is 0 Å². The number of rotatable bonds is 4. The molecular formula is C12H21ClN4OS. The molecular weight excluding hydrogens is 284 g/mol. The van der Waals surface area contributed by atoms with Gasteiger partial charge in [-0.1, -0.05) is 38.0 Å². The predicted octanol–water partition coefficient (Wildman–Crippen LogP) is 1.97. The molecule has 0 radical (unpaired) electrons. The first-order valence-electron chi connectivity index (χ1n) is 6.41. The lowest BCUT2D eigenvalue weighted by atomic mass is 9.98. The van der Waals surface area contributed by atoms with Gasteiger partial charge in [0.2, 0.25) is 5.91 Å². The maximum atomic E-state index is 12.0. The maximum absolute atomic E-state index is 12.0. The van der Waals surface area contributed by atoms with Gasteiger partial charge in [0.15, 0.2) is 0 Å². The third-order valence-corrected chi connectivity index (χ3v) is 4.55. The van der Waals surface area contributed by atoms with E-state index in [4.69, 9.17) is 5.73 Å². The van der Waals surface area contributed by atoms with Crippen LogP contribution in [0.25, 0.3) is 0 Å². The molecule has 1 aromatic rings. The van der Waals surface area contributed by atoms with Crippen LogP contribution in [0.15, 0.2) is 0 Å². The molecule has 3 N–H and O–H groups in total. The topological polar surface area (TPSA) is 80.9 Å². The zero-order chi connectivity index (χ0) is 13.2. The van der Waals surface area contributed by atoms with Crippen LogP contribution in [0.4, 0.5) is 0 Å². The lowest BCUT2D eigenvalue weighted by Crippen LogP contribution is -2.51. The summed E-state index contributed by atoms with van der Waals surface area (Å²) in [6.07, 6.45) is 3.65. The van der Waals surface area contributed by atoms with Gasteiger partial charge in [-0.25, -0.2) is 0 Å². The van der Waals surface area contributed by atoms with Crippen molar-refractivity contribution in [2.45, 2.75) is 57.5 Å². The van der Waals surface area contributed by atoms with E-state index in [1.807, 2.05) is 0 Å². The third-order valence-electron chi connectivity index (χ3n) is 3.32. The summed E-state index contributed by atoms with van der Waals surface area (Å²) < 4.78 is 0. The van der Waals surface area contributed by atoms with Gasteiger partial charge in [-0.3, -0.25) is 4.79 Å². The second-order valence-corrected chi connectivity index (χ2v) is 6.33. The van der Waals surface area contributed by atoms with E-state index in [0.29, 0.717) is 12.5 Å². The van der Waals surface area contributed by atoms with Gasteiger partial charge >= 0.3 is 0 Å². The fraction of sp³-hybridized carbons (Fsp3) is 0.750. The number of aromatic nitrogens is 2. The number of nitrogens with zero attached hydrogens (tertiary/aromatic N) is 2. The first kappa shape index (κ1) is 16.3. The van der Waals surface area contributed by atoms with E-state index in [0.717, 1.165) is 35.7 Å². The summed E-state index contributed by atoms with van der Waals surface area (Å²) in [7, 11) is 0. The zero-order valence-electron chi connectivity index (χ0n) is 11.3. The lowest BCUT2D eigenvalue weighted by molar-refractivity contribution is -0.126. The molecule has 5 nitrogen and oxygen atoms in total. The van der Waals surface area contributed by atoms with Crippen molar-refractivity contribution >= 4 is 29.7 Å². The summed E-state index contributed by atoms with van der Waals surface area (Å²) in [5.41, 5.74) is 5.41. The van der Waals surface area contributed by atoms with Crippen molar-refractivity contribution in [3.8, 4) is 0 Å². The molecule has 0 saturated heterocycles. The van der Waals surface area contributed by atoms with Crippen molar-refractivity contribution in [3.05, 3.63) is 10.0 Å². The number of carbonyl (C=O) groups excluding carboxylic acids is 1. The Kier molecular flexibility index (Phi) is 5.70. The van der Waals surface area contributed by atoms with Crippen LogP contribution in [0.5, 0.6) is 0 Å². The number of halogens is 1. The molecule has 1 aliphatic carbocycles. The van der Waals surface area contributed by atoms with Gasteiger partial charge in [0.25, 0.3) is 0 Å². The van der Waals surface area contributed by atoms with Crippen LogP contribution in [-0.2, 0) is 11.3 Å². The first-order chi connectivity index (χ1) is 8.51. The quantitative estimate of drug-likeness (QED) is 0.891. The Labute approximate surface area is 123 Å². The van der Waals surface area contributed by atoms with E-state index in [9.17, 15) is 4.79 Å². The summed E-state index contributed by atoms with van der Waals surface area (Å²) in [6, 6.07) is 0. The van der Waals surface area contributed by atoms with E-state index in [-0.39, 0.29) is 18.3 Å². The van der Waals surface area contributed by atoms with E-state index in [1.54, 1.807) is 11.3 Å². The van der Waals surface area contributed by atoms with Crippen molar-refractivity contribution in [2.75, 3.05) is 0 Å². The average Bonchev–Trinajstić information content (AvgIpc) is 2.95. The number of hydrogen-bond acceptors (Lipinski definition) is 5.